The first-order valence-corrected chi connectivity index (χ1v) is 12.5. The minimum Gasteiger partial charge on any atom is -0.393 e. The Morgan fingerprint density at radius 1 is 1.00 bits per heavy atom. The van der Waals surface area contributed by atoms with E-state index < -0.39 is 5.60 Å². The number of rotatable bonds is 4. The molecule has 0 spiro atoms. The Bertz CT molecular complexity index is 808. The lowest BCUT2D eigenvalue weighted by Gasteiger charge is -2.63. The molecule has 0 aromatic carbocycles. The minimum absolute atomic E-state index is 0.0580. The zero-order valence-corrected chi connectivity index (χ0v) is 20.0. The normalized spacial score (nSPS) is 47.0. The first-order chi connectivity index (χ1) is 15.2. The van der Waals surface area contributed by atoms with E-state index in [0.29, 0.717) is 23.7 Å². The molecule has 8 atom stereocenters. The number of nitrogens with zero attached hydrogens (tertiary/aromatic N) is 2. The third-order valence-electron chi connectivity index (χ3n) is 10.0. The van der Waals surface area contributed by atoms with Crippen LogP contribution in [-0.4, -0.2) is 41.1 Å². The van der Waals surface area contributed by atoms with Crippen LogP contribution in [0.4, 0.5) is 0 Å². The molecule has 0 bridgehead atoms. The Morgan fingerprint density at radius 3 is 2.59 bits per heavy atom. The zero-order chi connectivity index (χ0) is 23.0. The largest absolute Gasteiger partial charge is 0.393 e. The highest BCUT2D eigenvalue weighted by Crippen LogP contribution is 2.69. The van der Waals surface area contributed by atoms with Crippen LogP contribution >= 0.6 is 0 Å². The van der Waals surface area contributed by atoms with Gasteiger partial charge in [0.25, 0.3) is 0 Å². The number of allylic oxidation sites excluding steroid dienone is 4. The molecule has 0 radical (unpaired) electrons. The highest BCUT2D eigenvalue weighted by atomic mass is 16.3. The van der Waals surface area contributed by atoms with Gasteiger partial charge < -0.3 is 15.9 Å². The van der Waals surface area contributed by atoms with Crippen LogP contribution in [0.3, 0.4) is 0 Å². The van der Waals surface area contributed by atoms with Crippen molar-refractivity contribution in [3.8, 4) is 0 Å². The number of guanidine groups is 1. The van der Waals surface area contributed by atoms with Crippen molar-refractivity contribution in [1.82, 2.24) is 5.43 Å². The second kappa shape index (κ2) is 8.94. The summed E-state index contributed by atoms with van der Waals surface area (Å²) in [7, 11) is 1.61. The summed E-state index contributed by atoms with van der Waals surface area (Å²) in [6.07, 6.45) is 19.3. The number of nitrogens with two attached hydrogens (primary N) is 1. The molecule has 178 valence electrons. The van der Waals surface area contributed by atoms with Crippen LogP contribution in [-0.2, 0) is 0 Å². The molecule has 6 heteroatoms. The molecule has 0 aromatic heterocycles. The maximum absolute atomic E-state index is 12.2. The van der Waals surface area contributed by atoms with E-state index in [1.54, 1.807) is 13.3 Å². The molecule has 5 N–H and O–H groups in total. The van der Waals surface area contributed by atoms with E-state index in [2.05, 4.69) is 41.5 Å². The third-order valence-corrected chi connectivity index (χ3v) is 10.0. The fraction of sp³-hybridized carbons (Fsp3) is 0.769. The standard InChI is InChI=1S/C26H42N4O2/c1-24-13-11-20(31)17-19(24)8-9-22-21(24)12-14-25(2)18(10-15-26(22,25)32)7-5-4-6-16-29-30-23(27)28-3/h4-7,16,18-22,31-32H,8-15,17H2,1-3H3,(H3,27,28,30)/b6-4+,7-5+,29-16+/t18-,19+,20-,21-,22+,24-,25+,26-/m0/s1. The summed E-state index contributed by atoms with van der Waals surface area (Å²) in [5, 5.41) is 26.4. The number of hydrogen-bond acceptors (Lipinski definition) is 4. The van der Waals surface area contributed by atoms with E-state index >= 15 is 0 Å². The average molecular weight is 443 g/mol. The molecule has 4 rings (SSSR count). The van der Waals surface area contributed by atoms with E-state index in [0.717, 1.165) is 51.4 Å². The summed E-state index contributed by atoms with van der Waals surface area (Å²) in [6.45, 7) is 4.81. The number of hydrazone groups is 1. The van der Waals surface area contributed by atoms with Crippen molar-refractivity contribution in [2.24, 2.45) is 50.3 Å². The van der Waals surface area contributed by atoms with Crippen molar-refractivity contribution < 1.29 is 10.2 Å². The second-order valence-electron chi connectivity index (χ2n) is 11.2. The van der Waals surface area contributed by atoms with Gasteiger partial charge in [-0.05, 0) is 93.0 Å². The summed E-state index contributed by atoms with van der Waals surface area (Å²) < 4.78 is 0. The van der Waals surface area contributed by atoms with E-state index in [9.17, 15) is 10.2 Å². The molecule has 4 fully saturated rings. The van der Waals surface area contributed by atoms with Crippen LogP contribution in [0.2, 0.25) is 0 Å². The number of aliphatic hydroxyl groups is 2. The lowest BCUT2D eigenvalue weighted by atomic mass is 9.43. The van der Waals surface area contributed by atoms with Crippen molar-refractivity contribution >= 4 is 12.2 Å². The van der Waals surface area contributed by atoms with Crippen LogP contribution in [0, 0.1) is 34.5 Å². The molecule has 4 aliphatic rings. The summed E-state index contributed by atoms with van der Waals surface area (Å²) >= 11 is 0. The predicted octanol–water partition coefficient (Wildman–Crippen LogP) is 3.75. The molecule has 4 aliphatic carbocycles. The number of nitrogens with one attached hydrogen (secondary N) is 1. The van der Waals surface area contributed by atoms with Gasteiger partial charge in [0.2, 0.25) is 5.96 Å². The van der Waals surface area contributed by atoms with E-state index in [4.69, 9.17) is 5.73 Å². The first-order valence-electron chi connectivity index (χ1n) is 12.5. The summed E-state index contributed by atoms with van der Waals surface area (Å²) in [5.41, 5.74) is 7.83. The van der Waals surface area contributed by atoms with Gasteiger partial charge in [-0.2, -0.15) is 5.10 Å². The minimum atomic E-state index is -0.568. The van der Waals surface area contributed by atoms with E-state index in [1.165, 1.54) is 6.42 Å². The molecular weight excluding hydrogens is 400 g/mol. The average Bonchev–Trinajstić information content (AvgIpc) is 3.04. The van der Waals surface area contributed by atoms with Gasteiger partial charge in [-0.25, -0.2) is 5.43 Å². The van der Waals surface area contributed by atoms with Gasteiger partial charge in [0.05, 0.1) is 11.7 Å². The molecule has 0 aliphatic heterocycles. The Balaban J connectivity index is 1.44. The van der Waals surface area contributed by atoms with E-state index in [-0.39, 0.29) is 22.9 Å². The zero-order valence-electron chi connectivity index (χ0n) is 20.0. The molecule has 6 nitrogen and oxygen atoms in total. The van der Waals surface area contributed by atoms with Gasteiger partial charge in [0, 0.05) is 18.7 Å². The number of fused-ring (bicyclic) bond motifs is 5. The number of hydrogen-bond donors (Lipinski definition) is 4. The molecule has 0 saturated heterocycles. The maximum Gasteiger partial charge on any atom is 0.209 e. The predicted molar refractivity (Wildman–Crippen MR) is 130 cm³/mol. The number of aliphatic hydroxyl groups excluding tert-OH is 1. The first kappa shape index (κ1) is 23.5. The molecule has 32 heavy (non-hydrogen) atoms. The van der Waals surface area contributed by atoms with Gasteiger partial charge in [-0.3, -0.25) is 4.99 Å². The topological polar surface area (TPSA) is 103 Å². The van der Waals surface area contributed by atoms with Crippen molar-refractivity contribution in [2.75, 3.05) is 7.05 Å². The van der Waals surface area contributed by atoms with Crippen molar-refractivity contribution in [3.63, 3.8) is 0 Å². The smallest absolute Gasteiger partial charge is 0.209 e. The Kier molecular flexibility index (Phi) is 6.56. The second-order valence-corrected chi connectivity index (χ2v) is 11.2. The molecule has 0 unspecified atom stereocenters. The van der Waals surface area contributed by atoms with Crippen molar-refractivity contribution in [2.45, 2.75) is 83.3 Å². The van der Waals surface area contributed by atoms with Gasteiger partial charge >= 0.3 is 0 Å². The monoisotopic (exact) mass is 442 g/mol. The molecule has 0 heterocycles. The van der Waals surface area contributed by atoms with Crippen LogP contribution in [0.15, 0.2) is 34.4 Å². The SMILES string of the molecule is CN=C(N)N/N=C/C=C/C=C/[C@H]1CC[C@]2(O)[C@@H]3CC[C@@H]4C[C@@H](O)CC[C@]4(C)[C@H]3CC[C@]12C. The van der Waals surface area contributed by atoms with Crippen molar-refractivity contribution in [3.05, 3.63) is 24.3 Å². The Labute approximate surface area is 193 Å². The van der Waals surface area contributed by atoms with Gasteiger partial charge in [-0.15, -0.1) is 0 Å². The molecule has 4 saturated carbocycles. The Morgan fingerprint density at radius 2 is 1.81 bits per heavy atom. The summed E-state index contributed by atoms with van der Waals surface area (Å²) in [6, 6.07) is 0. The summed E-state index contributed by atoms with van der Waals surface area (Å²) in [5.74, 6) is 2.30. The lowest BCUT2D eigenvalue weighted by Crippen LogP contribution is -2.62. The maximum atomic E-state index is 12.2. The highest BCUT2D eigenvalue weighted by molar-refractivity contribution is 5.79. The van der Waals surface area contributed by atoms with Crippen LogP contribution in [0.1, 0.15) is 71.6 Å². The highest BCUT2D eigenvalue weighted by Gasteiger charge is 2.66. The lowest BCUT2D eigenvalue weighted by molar-refractivity contribution is -0.207. The summed E-state index contributed by atoms with van der Waals surface area (Å²) in [4.78, 5) is 3.78. The van der Waals surface area contributed by atoms with Gasteiger partial charge in [-0.1, -0.05) is 32.1 Å². The fourth-order valence-electron chi connectivity index (χ4n) is 8.06. The van der Waals surface area contributed by atoms with Crippen LogP contribution in [0.25, 0.3) is 0 Å². The van der Waals surface area contributed by atoms with Crippen molar-refractivity contribution in [1.29, 1.82) is 0 Å². The quantitative estimate of drug-likeness (QED) is 0.230. The third kappa shape index (κ3) is 3.83. The van der Waals surface area contributed by atoms with Gasteiger partial charge in [0.15, 0.2) is 0 Å². The van der Waals surface area contributed by atoms with Crippen LogP contribution in [0.5, 0.6) is 0 Å². The Hall–Kier alpha value is -1.66. The van der Waals surface area contributed by atoms with Gasteiger partial charge in [0.1, 0.15) is 0 Å². The molecular formula is C26H42N4O2. The fourth-order valence-corrected chi connectivity index (χ4v) is 8.06. The van der Waals surface area contributed by atoms with Crippen LogP contribution < -0.4 is 11.2 Å². The van der Waals surface area contributed by atoms with E-state index in [1.807, 2.05) is 12.2 Å². The number of aliphatic imine (C=N–C) groups is 1. The molecule has 0 amide bonds. The molecule has 0 aromatic rings.